The van der Waals surface area contributed by atoms with E-state index in [4.69, 9.17) is 4.42 Å². The van der Waals surface area contributed by atoms with Gasteiger partial charge in [0.2, 0.25) is 17.7 Å². The molecule has 1 aliphatic rings. The number of pyridine rings is 1. The summed E-state index contributed by atoms with van der Waals surface area (Å²) >= 11 is 0. The summed E-state index contributed by atoms with van der Waals surface area (Å²) in [7, 11) is 0. The highest BCUT2D eigenvalue weighted by Gasteiger charge is 2.42. The maximum Gasteiger partial charge on any atom is 0.249 e. The van der Waals surface area contributed by atoms with E-state index in [0.29, 0.717) is 43.7 Å². The molecular formula is C17H21N7O2. The van der Waals surface area contributed by atoms with Crippen LogP contribution in [0.15, 0.2) is 22.7 Å². The predicted molar refractivity (Wildman–Crippen MR) is 93.7 cm³/mol. The van der Waals surface area contributed by atoms with E-state index in [1.54, 1.807) is 18.0 Å². The number of nitriles is 1. The molecule has 3 rings (SSSR count). The summed E-state index contributed by atoms with van der Waals surface area (Å²) in [6, 6.07) is 5.94. The summed E-state index contributed by atoms with van der Waals surface area (Å²) in [6.07, 6.45) is 3.12. The van der Waals surface area contributed by atoms with Crippen LogP contribution in [0, 0.1) is 18.3 Å². The highest BCUT2D eigenvalue weighted by molar-refractivity contribution is 5.75. The van der Waals surface area contributed by atoms with E-state index in [9.17, 15) is 10.1 Å². The van der Waals surface area contributed by atoms with Crippen molar-refractivity contribution in [3.05, 3.63) is 24.2 Å². The molecule has 0 aromatic carbocycles. The minimum Gasteiger partial charge on any atom is -0.421 e. The number of aryl methyl sites for hydroxylation is 1. The number of carbonyl (C=O) groups is 1. The molecule has 2 aromatic heterocycles. The number of nitrogens with zero attached hydrogens (tertiary/aromatic N) is 5. The highest BCUT2D eigenvalue weighted by atomic mass is 16.4. The molecule has 1 unspecified atom stereocenters. The quantitative estimate of drug-likeness (QED) is 0.744. The van der Waals surface area contributed by atoms with Crippen LogP contribution in [0.4, 0.5) is 5.82 Å². The number of hydrogen-bond acceptors (Lipinski definition) is 8. The van der Waals surface area contributed by atoms with E-state index >= 15 is 0 Å². The Bertz CT molecular complexity index is 811. The summed E-state index contributed by atoms with van der Waals surface area (Å²) in [5.74, 6) is 1.56. The second-order valence-corrected chi connectivity index (χ2v) is 6.16. The molecule has 2 aromatic rings. The monoisotopic (exact) mass is 355 g/mol. The molecule has 9 nitrogen and oxygen atoms in total. The maximum absolute atomic E-state index is 11.7. The van der Waals surface area contributed by atoms with Crippen LogP contribution in [-0.2, 0) is 4.79 Å². The van der Waals surface area contributed by atoms with Crippen LogP contribution in [0.25, 0.3) is 11.5 Å². The Morgan fingerprint density at radius 1 is 1.42 bits per heavy atom. The zero-order chi connectivity index (χ0) is 18.6. The van der Waals surface area contributed by atoms with Crippen molar-refractivity contribution in [3.63, 3.8) is 0 Å². The predicted octanol–water partition coefficient (Wildman–Crippen LogP) is 1.30. The van der Waals surface area contributed by atoms with Crippen molar-refractivity contribution in [2.45, 2.75) is 32.4 Å². The Labute approximate surface area is 151 Å². The van der Waals surface area contributed by atoms with Crippen molar-refractivity contribution in [1.82, 2.24) is 25.4 Å². The van der Waals surface area contributed by atoms with Crippen LogP contribution in [0.1, 0.15) is 25.7 Å². The van der Waals surface area contributed by atoms with Gasteiger partial charge < -0.3 is 14.6 Å². The number of aromatic nitrogens is 3. The van der Waals surface area contributed by atoms with Crippen molar-refractivity contribution in [2.75, 3.05) is 25.0 Å². The van der Waals surface area contributed by atoms with Gasteiger partial charge in [-0.05, 0) is 25.0 Å². The SMILES string of the molecule is CC(=O)N1CCCC1(C#N)NCCNc1ccc(-c2nnc(C)o2)cn1. The van der Waals surface area contributed by atoms with E-state index in [1.165, 1.54) is 6.92 Å². The average molecular weight is 355 g/mol. The van der Waals surface area contributed by atoms with Gasteiger partial charge in [-0.1, -0.05) is 0 Å². The van der Waals surface area contributed by atoms with E-state index in [-0.39, 0.29) is 5.91 Å². The lowest BCUT2D eigenvalue weighted by molar-refractivity contribution is -0.132. The first kappa shape index (κ1) is 17.8. The van der Waals surface area contributed by atoms with Gasteiger partial charge in [-0.25, -0.2) is 4.98 Å². The number of carbonyl (C=O) groups excluding carboxylic acids is 1. The van der Waals surface area contributed by atoms with Gasteiger partial charge in [-0.15, -0.1) is 10.2 Å². The van der Waals surface area contributed by atoms with E-state index < -0.39 is 5.66 Å². The van der Waals surface area contributed by atoms with Crippen LogP contribution in [-0.4, -0.2) is 51.3 Å². The van der Waals surface area contributed by atoms with Crippen LogP contribution in [0.3, 0.4) is 0 Å². The van der Waals surface area contributed by atoms with Crippen molar-refractivity contribution in [2.24, 2.45) is 0 Å². The molecule has 1 atom stereocenters. The summed E-state index contributed by atoms with van der Waals surface area (Å²) < 4.78 is 5.36. The first-order valence-electron chi connectivity index (χ1n) is 8.49. The zero-order valence-corrected chi connectivity index (χ0v) is 14.8. The molecule has 1 aliphatic heterocycles. The first-order chi connectivity index (χ1) is 12.5. The highest BCUT2D eigenvalue weighted by Crippen LogP contribution is 2.26. The number of anilines is 1. The van der Waals surface area contributed by atoms with Gasteiger partial charge in [0.05, 0.1) is 5.56 Å². The lowest BCUT2D eigenvalue weighted by Crippen LogP contribution is -2.56. The molecule has 0 bridgehead atoms. The van der Waals surface area contributed by atoms with Crippen molar-refractivity contribution in [3.8, 4) is 17.5 Å². The Morgan fingerprint density at radius 2 is 2.27 bits per heavy atom. The van der Waals surface area contributed by atoms with Crippen molar-refractivity contribution < 1.29 is 9.21 Å². The molecule has 0 spiro atoms. The van der Waals surface area contributed by atoms with Crippen LogP contribution >= 0.6 is 0 Å². The van der Waals surface area contributed by atoms with Gasteiger partial charge in [0.15, 0.2) is 5.66 Å². The number of nitrogens with one attached hydrogen (secondary N) is 2. The second-order valence-electron chi connectivity index (χ2n) is 6.16. The third kappa shape index (κ3) is 3.65. The largest absolute Gasteiger partial charge is 0.421 e. The smallest absolute Gasteiger partial charge is 0.249 e. The molecular weight excluding hydrogens is 334 g/mol. The van der Waals surface area contributed by atoms with E-state index in [0.717, 1.165) is 12.0 Å². The molecule has 0 radical (unpaired) electrons. The standard InChI is InChI=1S/C17H21N7O2/c1-12-22-23-16(26-12)14-4-5-15(20-10-14)19-7-8-21-17(11-18)6-3-9-24(17)13(2)25/h4-5,10,21H,3,6-9H2,1-2H3,(H,19,20). The van der Waals surface area contributed by atoms with Gasteiger partial charge in [-0.3, -0.25) is 10.1 Å². The Balaban J connectivity index is 1.52. The van der Waals surface area contributed by atoms with Crippen molar-refractivity contribution >= 4 is 11.7 Å². The van der Waals surface area contributed by atoms with Crippen LogP contribution < -0.4 is 10.6 Å². The molecule has 1 saturated heterocycles. The molecule has 26 heavy (non-hydrogen) atoms. The van der Waals surface area contributed by atoms with Gasteiger partial charge in [0.1, 0.15) is 11.9 Å². The number of hydrogen-bond donors (Lipinski definition) is 2. The normalized spacial score (nSPS) is 19.3. The number of likely N-dealkylation sites (tertiary alicyclic amines) is 1. The fourth-order valence-corrected chi connectivity index (χ4v) is 3.08. The molecule has 1 amide bonds. The molecule has 0 aliphatic carbocycles. The molecule has 136 valence electrons. The lowest BCUT2D eigenvalue weighted by atomic mass is 10.1. The summed E-state index contributed by atoms with van der Waals surface area (Å²) in [6.45, 7) is 4.94. The minimum atomic E-state index is -0.902. The molecule has 1 fully saturated rings. The maximum atomic E-state index is 11.7. The topological polar surface area (TPSA) is 120 Å². The van der Waals surface area contributed by atoms with Gasteiger partial charge >= 0.3 is 0 Å². The molecule has 2 N–H and O–H groups in total. The number of amides is 1. The summed E-state index contributed by atoms with van der Waals surface area (Å²) in [5.41, 5.74) is -0.151. The summed E-state index contributed by atoms with van der Waals surface area (Å²) in [5, 5.41) is 23.7. The molecule has 0 saturated carbocycles. The summed E-state index contributed by atoms with van der Waals surface area (Å²) in [4.78, 5) is 17.6. The van der Waals surface area contributed by atoms with E-state index in [1.807, 2.05) is 12.1 Å². The average Bonchev–Trinajstić information content (AvgIpc) is 3.26. The van der Waals surface area contributed by atoms with E-state index in [2.05, 4.69) is 31.9 Å². The lowest BCUT2D eigenvalue weighted by Gasteiger charge is -2.32. The fourth-order valence-electron chi connectivity index (χ4n) is 3.08. The van der Waals surface area contributed by atoms with Crippen LogP contribution in [0.5, 0.6) is 0 Å². The minimum absolute atomic E-state index is 0.0852. The Hall–Kier alpha value is -2.99. The first-order valence-corrected chi connectivity index (χ1v) is 8.49. The van der Waals surface area contributed by atoms with Crippen LogP contribution in [0.2, 0.25) is 0 Å². The van der Waals surface area contributed by atoms with Crippen molar-refractivity contribution in [1.29, 1.82) is 5.26 Å². The number of rotatable bonds is 6. The molecule has 3 heterocycles. The Kier molecular flexibility index (Phi) is 5.14. The molecule has 9 heteroatoms. The Morgan fingerprint density at radius 3 is 2.88 bits per heavy atom. The third-order valence-corrected chi connectivity index (χ3v) is 4.33. The second kappa shape index (κ2) is 7.49. The zero-order valence-electron chi connectivity index (χ0n) is 14.8. The third-order valence-electron chi connectivity index (χ3n) is 4.33. The fraction of sp³-hybridized carbons (Fsp3) is 0.471. The van der Waals surface area contributed by atoms with Gasteiger partial charge in [0.25, 0.3) is 0 Å². The van der Waals surface area contributed by atoms with Gasteiger partial charge in [0, 0.05) is 39.7 Å². The van der Waals surface area contributed by atoms with Gasteiger partial charge in [-0.2, -0.15) is 5.26 Å².